The number of ether oxygens (including phenoxy) is 1. The van der Waals surface area contributed by atoms with E-state index in [1.165, 1.54) is 0 Å². The average molecular weight is 416 g/mol. The zero-order valence-corrected chi connectivity index (χ0v) is 18.0. The van der Waals surface area contributed by atoms with E-state index in [9.17, 15) is 14.1 Å². The summed E-state index contributed by atoms with van der Waals surface area (Å²) in [6.07, 6.45) is 2.11. The minimum Gasteiger partial charge on any atom is -0.496 e. The van der Waals surface area contributed by atoms with E-state index in [1.54, 1.807) is 27.2 Å². The molecule has 0 aliphatic heterocycles. The van der Waals surface area contributed by atoms with Crippen molar-refractivity contribution in [2.24, 2.45) is 5.41 Å². The van der Waals surface area contributed by atoms with Crippen molar-refractivity contribution in [1.29, 1.82) is 0 Å². The molecule has 2 heterocycles. The molecule has 0 aliphatic carbocycles. The van der Waals surface area contributed by atoms with Crippen LogP contribution in [0.25, 0.3) is 11.0 Å². The van der Waals surface area contributed by atoms with Gasteiger partial charge < -0.3 is 14.8 Å². The highest BCUT2D eigenvalue weighted by molar-refractivity contribution is 7.84. The van der Waals surface area contributed by atoms with Gasteiger partial charge in [-0.1, -0.05) is 6.07 Å². The van der Waals surface area contributed by atoms with Crippen LogP contribution in [0.3, 0.4) is 0 Å². The number of nitrogens with zero attached hydrogens (tertiary/aromatic N) is 2. The van der Waals surface area contributed by atoms with Crippen molar-refractivity contribution in [2.45, 2.75) is 45.0 Å². The summed E-state index contributed by atoms with van der Waals surface area (Å²) >= 11 is 0. The van der Waals surface area contributed by atoms with E-state index in [2.05, 4.69) is 15.0 Å². The number of aryl methyl sites for hydroxylation is 1. The molecule has 7 nitrogen and oxygen atoms in total. The molecule has 0 radical (unpaired) electrons. The monoisotopic (exact) mass is 415 g/mol. The van der Waals surface area contributed by atoms with Gasteiger partial charge in [-0.15, -0.1) is 0 Å². The van der Waals surface area contributed by atoms with Gasteiger partial charge in [-0.25, -0.2) is 4.98 Å². The Labute approximate surface area is 172 Å². The molecule has 1 atom stereocenters. The number of aromatic amines is 1. The Hall–Kier alpha value is -2.74. The van der Waals surface area contributed by atoms with Crippen LogP contribution in [0.4, 0.5) is 0 Å². The lowest BCUT2D eigenvalue weighted by molar-refractivity contribution is -0.146. The van der Waals surface area contributed by atoms with E-state index >= 15 is 0 Å². The number of hydrogen-bond donors (Lipinski definition) is 2. The Morgan fingerprint density at radius 1 is 1.31 bits per heavy atom. The number of nitrogens with one attached hydrogen (secondary N) is 1. The van der Waals surface area contributed by atoms with E-state index < -0.39 is 22.2 Å². The van der Waals surface area contributed by atoms with E-state index in [0.717, 1.165) is 28.0 Å². The van der Waals surface area contributed by atoms with Gasteiger partial charge in [-0.3, -0.25) is 14.0 Å². The second kappa shape index (κ2) is 7.94. The Kier molecular flexibility index (Phi) is 5.75. The van der Waals surface area contributed by atoms with Crippen molar-refractivity contribution < 1.29 is 18.8 Å². The van der Waals surface area contributed by atoms with Gasteiger partial charge in [0.1, 0.15) is 5.75 Å². The molecule has 0 saturated carbocycles. The van der Waals surface area contributed by atoms with Crippen molar-refractivity contribution in [3.63, 3.8) is 0 Å². The Bertz CT molecular complexity index is 1100. The number of H-pyrrole nitrogens is 1. The van der Waals surface area contributed by atoms with Crippen LogP contribution < -0.4 is 4.74 Å². The summed E-state index contributed by atoms with van der Waals surface area (Å²) < 4.78 is 18.3. The Balaban J connectivity index is 1.85. The van der Waals surface area contributed by atoms with Crippen LogP contribution in [0.2, 0.25) is 0 Å². The number of aromatic nitrogens is 3. The van der Waals surface area contributed by atoms with Crippen molar-refractivity contribution in [3.05, 3.63) is 46.8 Å². The first-order valence-electron chi connectivity index (χ1n) is 9.22. The van der Waals surface area contributed by atoms with Crippen molar-refractivity contribution >= 4 is 27.8 Å². The molecule has 0 fully saturated rings. The maximum atomic E-state index is 12.9. The number of carboxylic acids is 1. The molecule has 0 amide bonds. The summed E-state index contributed by atoms with van der Waals surface area (Å²) in [5.74, 6) is 0.129. The molecule has 1 unspecified atom stereocenters. The molecule has 0 spiro atoms. The number of hydrogen-bond acceptors (Lipinski definition) is 5. The smallest absolute Gasteiger partial charge is 0.309 e. The number of pyridine rings is 1. The number of carbonyl (C=O) groups is 1. The topological polar surface area (TPSA) is 105 Å². The van der Waals surface area contributed by atoms with Gasteiger partial charge in [0, 0.05) is 17.3 Å². The van der Waals surface area contributed by atoms with E-state index in [0.29, 0.717) is 22.8 Å². The second-order valence-electron chi connectivity index (χ2n) is 7.80. The average Bonchev–Trinajstić information content (AvgIpc) is 3.07. The SMILES string of the molecule is COc1c(C)cnc(CS(=O)c2nc3ccc(CC(C)(C)C(=O)O)cc3[nH]2)c1C. The number of carboxylic acid groups (broad SMARTS) is 1. The molecule has 3 rings (SSSR count). The van der Waals surface area contributed by atoms with Crippen LogP contribution in [-0.2, 0) is 27.8 Å². The molecule has 8 heteroatoms. The van der Waals surface area contributed by atoms with Gasteiger partial charge >= 0.3 is 5.97 Å². The number of benzene rings is 1. The third kappa shape index (κ3) is 4.32. The fourth-order valence-corrected chi connectivity index (χ4v) is 4.35. The molecular formula is C21H25N3O4S. The van der Waals surface area contributed by atoms with Gasteiger partial charge in [0.05, 0.1) is 45.8 Å². The lowest BCUT2D eigenvalue weighted by Gasteiger charge is -2.18. The maximum Gasteiger partial charge on any atom is 0.309 e. The number of aliphatic carboxylic acids is 1. The highest BCUT2D eigenvalue weighted by Gasteiger charge is 2.27. The first-order chi connectivity index (χ1) is 13.6. The molecule has 2 aromatic heterocycles. The molecule has 2 N–H and O–H groups in total. The molecule has 0 saturated heterocycles. The number of fused-ring (bicyclic) bond motifs is 1. The van der Waals surface area contributed by atoms with E-state index in [4.69, 9.17) is 4.74 Å². The van der Waals surface area contributed by atoms with E-state index in [-0.39, 0.29) is 5.75 Å². The zero-order valence-electron chi connectivity index (χ0n) is 17.2. The molecule has 1 aromatic carbocycles. The lowest BCUT2D eigenvalue weighted by Crippen LogP contribution is -2.26. The number of imidazole rings is 1. The predicted molar refractivity (Wildman–Crippen MR) is 112 cm³/mol. The van der Waals surface area contributed by atoms with Crippen LogP contribution in [0.15, 0.2) is 29.6 Å². The normalized spacial score (nSPS) is 12.9. The van der Waals surface area contributed by atoms with Gasteiger partial charge in [0.15, 0.2) is 5.16 Å². The van der Waals surface area contributed by atoms with Crippen LogP contribution in [0.5, 0.6) is 5.75 Å². The standard InChI is InChI=1S/C21H25N3O4S/c1-12-10-22-17(13(2)18(12)28-5)11-29(27)20-23-15-7-6-14(8-16(15)24-20)9-21(3,4)19(25)26/h6-8,10H,9,11H2,1-5H3,(H,23,24)(H,25,26). The molecule has 154 valence electrons. The molecule has 0 bridgehead atoms. The summed E-state index contributed by atoms with van der Waals surface area (Å²) in [6, 6.07) is 5.54. The van der Waals surface area contributed by atoms with Gasteiger partial charge in [-0.05, 0) is 51.8 Å². The Morgan fingerprint density at radius 2 is 2.03 bits per heavy atom. The van der Waals surface area contributed by atoms with Crippen molar-refractivity contribution in [3.8, 4) is 5.75 Å². The van der Waals surface area contributed by atoms with E-state index in [1.807, 2.05) is 32.0 Å². The van der Waals surface area contributed by atoms with Crippen LogP contribution in [0.1, 0.15) is 36.2 Å². The fraction of sp³-hybridized carbons (Fsp3) is 0.381. The summed E-state index contributed by atoms with van der Waals surface area (Å²) in [4.78, 5) is 23.3. The summed E-state index contributed by atoms with van der Waals surface area (Å²) in [7, 11) is 0.204. The van der Waals surface area contributed by atoms with Crippen molar-refractivity contribution in [2.75, 3.05) is 7.11 Å². The molecular weight excluding hydrogens is 390 g/mol. The largest absolute Gasteiger partial charge is 0.496 e. The summed E-state index contributed by atoms with van der Waals surface area (Å²) in [5, 5.41) is 9.71. The molecule has 3 aromatic rings. The molecule has 29 heavy (non-hydrogen) atoms. The Morgan fingerprint density at radius 3 is 2.69 bits per heavy atom. The van der Waals surface area contributed by atoms with Crippen molar-refractivity contribution in [1.82, 2.24) is 15.0 Å². The summed E-state index contributed by atoms with van der Waals surface area (Å²) in [6.45, 7) is 7.21. The summed E-state index contributed by atoms with van der Waals surface area (Å²) in [5.41, 5.74) is 3.94. The second-order valence-corrected chi connectivity index (χ2v) is 9.16. The molecule has 0 aliphatic rings. The highest BCUT2D eigenvalue weighted by atomic mass is 32.2. The zero-order chi connectivity index (χ0) is 21.3. The van der Waals surface area contributed by atoms with Crippen LogP contribution >= 0.6 is 0 Å². The lowest BCUT2D eigenvalue weighted by atomic mass is 9.86. The highest BCUT2D eigenvalue weighted by Crippen LogP contribution is 2.27. The van der Waals surface area contributed by atoms with Gasteiger partial charge in [-0.2, -0.15) is 0 Å². The fourth-order valence-electron chi connectivity index (χ4n) is 3.25. The number of methoxy groups -OCH3 is 1. The quantitative estimate of drug-likeness (QED) is 0.611. The number of rotatable bonds is 7. The van der Waals surface area contributed by atoms with Crippen LogP contribution in [-0.4, -0.2) is 37.3 Å². The maximum absolute atomic E-state index is 12.9. The van der Waals surface area contributed by atoms with Gasteiger partial charge in [0.2, 0.25) is 0 Å². The first-order valence-corrected chi connectivity index (χ1v) is 10.5. The minimum absolute atomic E-state index is 0.223. The predicted octanol–water partition coefficient (Wildman–Crippen LogP) is 3.54. The minimum atomic E-state index is -1.41. The third-order valence-electron chi connectivity index (χ3n) is 4.98. The van der Waals surface area contributed by atoms with Gasteiger partial charge in [0.25, 0.3) is 0 Å². The first kappa shape index (κ1) is 21.0. The van der Waals surface area contributed by atoms with Crippen LogP contribution in [0, 0.1) is 19.3 Å². The third-order valence-corrected chi connectivity index (χ3v) is 6.14.